The number of nitrogens with zero attached hydrogens (tertiary/aromatic N) is 1. The van der Waals surface area contributed by atoms with E-state index in [9.17, 15) is 19.7 Å². The zero-order valence-corrected chi connectivity index (χ0v) is 15.7. The third-order valence-electron chi connectivity index (χ3n) is 4.73. The van der Waals surface area contributed by atoms with Gasteiger partial charge in [0.25, 0.3) is 6.04 Å². The Hall–Kier alpha value is -3.80. The van der Waals surface area contributed by atoms with Gasteiger partial charge in [0.2, 0.25) is 5.78 Å². The molecule has 6 heteroatoms. The van der Waals surface area contributed by atoms with E-state index < -0.39 is 28.6 Å². The lowest BCUT2D eigenvalue weighted by molar-refractivity contribution is -0.507. The summed E-state index contributed by atoms with van der Waals surface area (Å²) < 4.78 is 4.74. The molecule has 0 saturated carbocycles. The molecular formula is C23H19NO5. The standard InChI is InChI=1S/C23H19NO5/c1-29-23(26)19-15-9-8-14-18(19)22(25)21(24(27)28)20(16-10-4-2-5-11-16)17-12-6-3-7-13-17/h2-15,20-21H,1H3. The smallest absolute Gasteiger partial charge is 0.338 e. The predicted molar refractivity (Wildman–Crippen MR) is 108 cm³/mol. The van der Waals surface area contributed by atoms with Crippen LogP contribution in [0, 0.1) is 10.1 Å². The number of hydrogen-bond acceptors (Lipinski definition) is 5. The van der Waals surface area contributed by atoms with Gasteiger partial charge in [-0.2, -0.15) is 0 Å². The summed E-state index contributed by atoms with van der Waals surface area (Å²) in [6, 6.07) is 22.1. The van der Waals surface area contributed by atoms with Gasteiger partial charge in [0, 0.05) is 10.5 Å². The second kappa shape index (κ2) is 8.93. The molecule has 0 bridgehead atoms. The highest BCUT2D eigenvalue weighted by Gasteiger charge is 2.42. The fourth-order valence-electron chi connectivity index (χ4n) is 3.39. The molecule has 0 radical (unpaired) electrons. The first kappa shape index (κ1) is 19.9. The Morgan fingerprint density at radius 1 is 0.793 bits per heavy atom. The minimum Gasteiger partial charge on any atom is -0.465 e. The van der Waals surface area contributed by atoms with E-state index >= 15 is 0 Å². The zero-order chi connectivity index (χ0) is 20.8. The molecule has 3 aromatic carbocycles. The summed E-state index contributed by atoms with van der Waals surface area (Å²) >= 11 is 0. The van der Waals surface area contributed by atoms with Crippen LogP contribution in [0.1, 0.15) is 37.8 Å². The van der Waals surface area contributed by atoms with Crippen LogP contribution in [0.5, 0.6) is 0 Å². The van der Waals surface area contributed by atoms with Crippen LogP contribution in [-0.2, 0) is 4.74 Å². The molecule has 0 fully saturated rings. The molecule has 146 valence electrons. The van der Waals surface area contributed by atoms with E-state index in [1.165, 1.54) is 19.2 Å². The molecule has 0 aliphatic rings. The maximum atomic E-state index is 13.4. The summed E-state index contributed by atoms with van der Waals surface area (Å²) in [5.74, 6) is -2.27. The molecular weight excluding hydrogens is 370 g/mol. The normalized spacial score (nSPS) is 11.7. The van der Waals surface area contributed by atoms with Crippen LogP contribution in [0.25, 0.3) is 0 Å². The highest BCUT2D eigenvalue weighted by molar-refractivity contribution is 6.08. The number of carbonyl (C=O) groups excluding carboxylic acids is 2. The maximum absolute atomic E-state index is 13.4. The summed E-state index contributed by atoms with van der Waals surface area (Å²) in [4.78, 5) is 37.0. The second-order valence-corrected chi connectivity index (χ2v) is 6.43. The Kier molecular flexibility index (Phi) is 6.14. The maximum Gasteiger partial charge on any atom is 0.338 e. The summed E-state index contributed by atoms with van der Waals surface area (Å²) in [7, 11) is 1.20. The Bertz CT molecular complexity index is 978. The molecule has 0 amide bonds. The molecule has 0 N–H and O–H groups in total. The number of esters is 1. The van der Waals surface area contributed by atoms with Gasteiger partial charge >= 0.3 is 5.97 Å². The fourth-order valence-corrected chi connectivity index (χ4v) is 3.39. The monoisotopic (exact) mass is 389 g/mol. The van der Waals surface area contributed by atoms with Crippen molar-refractivity contribution in [2.75, 3.05) is 7.11 Å². The van der Waals surface area contributed by atoms with Gasteiger partial charge < -0.3 is 4.74 Å². The van der Waals surface area contributed by atoms with Gasteiger partial charge in [-0.15, -0.1) is 0 Å². The van der Waals surface area contributed by atoms with Crippen LogP contribution in [0.4, 0.5) is 0 Å². The molecule has 0 aliphatic carbocycles. The average Bonchev–Trinajstić information content (AvgIpc) is 2.77. The van der Waals surface area contributed by atoms with Crippen molar-refractivity contribution < 1.29 is 19.2 Å². The van der Waals surface area contributed by atoms with Crippen LogP contribution in [0.15, 0.2) is 84.9 Å². The molecule has 0 saturated heterocycles. The molecule has 0 aromatic heterocycles. The predicted octanol–water partition coefficient (Wildman–Crippen LogP) is 4.13. The summed E-state index contributed by atoms with van der Waals surface area (Å²) in [5, 5.41) is 12.1. The molecule has 1 atom stereocenters. The minimum absolute atomic E-state index is 0.00623. The molecule has 3 aromatic rings. The summed E-state index contributed by atoms with van der Waals surface area (Å²) in [6.45, 7) is 0. The van der Waals surface area contributed by atoms with Crippen molar-refractivity contribution in [3.63, 3.8) is 0 Å². The van der Waals surface area contributed by atoms with Gasteiger partial charge in [-0.05, 0) is 17.2 Å². The van der Waals surface area contributed by atoms with Crippen molar-refractivity contribution in [2.24, 2.45) is 0 Å². The first-order chi connectivity index (χ1) is 14.0. The van der Waals surface area contributed by atoms with E-state index in [0.717, 1.165) is 0 Å². The molecule has 3 rings (SSSR count). The molecule has 0 heterocycles. The van der Waals surface area contributed by atoms with Crippen LogP contribution >= 0.6 is 0 Å². The highest BCUT2D eigenvalue weighted by atomic mass is 16.6. The third kappa shape index (κ3) is 4.21. The number of Topliss-reactive ketones (excluding diaryl/α,β-unsaturated/α-hetero) is 1. The largest absolute Gasteiger partial charge is 0.465 e. The Morgan fingerprint density at radius 2 is 1.24 bits per heavy atom. The zero-order valence-electron chi connectivity index (χ0n) is 15.7. The lowest BCUT2D eigenvalue weighted by atomic mass is 9.81. The van der Waals surface area contributed by atoms with Crippen molar-refractivity contribution >= 4 is 11.8 Å². The van der Waals surface area contributed by atoms with E-state index in [-0.39, 0.29) is 11.1 Å². The van der Waals surface area contributed by atoms with Crippen molar-refractivity contribution in [1.82, 2.24) is 0 Å². The van der Waals surface area contributed by atoms with E-state index in [2.05, 4.69) is 0 Å². The molecule has 0 aliphatic heterocycles. The van der Waals surface area contributed by atoms with Gasteiger partial charge in [0.05, 0.1) is 18.6 Å². The van der Waals surface area contributed by atoms with E-state index in [1.807, 2.05) is 0 Å². The van der Waals surface area contributed by atoms with Crippen LogP contribution in [-0.4, -0.2) is 29.8 Å². The topological polar surface area (TPSA) is 86.5 Å². The SMILES string of the molecule is COC(=O)c1ccccc1C(=O)C(C(c1ccccc1)c1ccccc1)[N+](=O)[O-]. The molecule has 6 nitrogen and oxygen atoms in total. The van der Waals surface area contributed by atoms with Crippen LogP contribution in [0.2, 0.25) is 0 Å². The van der Waals surface area contributed by atoms with Gasteiger partial charge in [-0.3, -0.25) is 14.9 Å². The Labute approximate surface area is 167 Å². The van der Waals surface area contributed by atoms with Crippen molar-refractivity contribution in [1.29, 1.82) is 0 Å². The fraction of sp³-hybridized carbons (Fsp3) is 0.130. The van der Waals surface area contributed by atoms with Gasteiger partial charge in [0.1, 0.15) is 0 Å². The summed E-state index contributed by atoms with van der Waals surface area (Å²) in [5.41, 5.74) is 1.26. The lowest BCUT2D eigenvalue weighted by Gasteiger charge is -2.22. The number of methoxy groups -OCH3 is 1. The Morgan fingerprint density at radius 3 is 1.69 bits per heavy atom. The lowest BCUT2D eigenvalue weighted by Crippen LogP contribution is -2.37. The van der Waals surface area contributed by atoms with Crippen molar-refractivity contribution in [2.45, 2.75) is 12.0 Å². The van der Waals surface area contributed by atoms with Crippen molar-refractivity contribution in [3.8, 4) is 0 Å². The van der Waals surface area contributed by atoms with E-state index in [1.54, 1.807) is 72.8 Å². The van der Waals surface area contributed by atoms with Gasteiger partial charge in [-0.25, -0.2) is 4.79 Å². The Balaban J connectivity index is 2.16. The van der Waals surface area contributed by atoms with Crippen molar-refractivity contribution in [3.05, 3.63) is 117 Å². The molecule has 29 heavy (non-hydrogen) atoms. The number of rotatable bonds is 7. The van der Waals surface area contributed by atoms with Crippen LogP contribution < -0.4 is 0 Å². The van der Waals surface area contributed by atoms with Gasteiger partial charge in [0.15, 0.2) is 0 Å². The number of carbonyl (C=O) groups is 2. The number of ketones is 1. The van der Waals surface area contributed by atoms with Crippen LogP contribution in [0.3, 0.4) is 0 Å². The van der Waals surface area contributed by atoms with E-state index in [4.69, 9.17) is 4.74 Å². The first-order valence-electron chi connectivity index (χ1n) is 8.99. The van der Waals surface area contributed by atoms with Gasteiger partial charge in [-0.1, -0.05) is 78.9 Å². The molecule has 0 spiro atoms. The molecule has 1 unspecified atom stereocenters. The highest BCUT2D eigenvalue weighted by Crippen LogP contribution is 2.32. The minimum atomic E-state index is -1.61. The first-order valence-corrected chi connectivity index (χ1v) is 8.99. The number of ether oxygens (including phenoxy) is 1. The average molecular weight is 389 g/mol. The quantitative estimate of drug-likeness (QED) is 0.262. The second-order valence-electron chi connectivity index (χ2n) is 6.43. The number of hydrogen-bond donors (Lipinski definition) is 0. The summed E-state index contributed by atoms with van der Waals surface area (Å²) in [6.07, 6.45) is 0. The number of benzene rings is 3. The third-order valence-corrected chi connectivity index (χ3v) is 4.73. The van der Waals surface area contributed by atoms with E-state index in [0.29, 0.717) is 11.1 Å². The number of nitro groups is 1.